The number of nitrogens with zero attached hydrogens (tertiary/aromatic N) is 4. The summed E-state index contributed by atoms with van der Waals surface area (Å²) in [6.07, 6.45) is 0. The van der Waals surface area contributed by atoms with Crippen LogP contribution in [0.2, 0.25) is 5.28 Å². The average molecular weight is 223 g/mol. The molecule has 2 aromatic rings. The van der Waals surface area contributed by atoms with E-state index < -0.39 is 0 Å². The molecule has 2 rings (SSSR count). The van der Waals surface area contributed by atoms with Gasteiger partial charge in [0.1, 0.15) is 24.2 Å². The van der Waals surface area contributed by atoms with E-state index in [9.17, 15) is 0 Å². The molecule has 0 aliphatic carbocycles. The van der Waals surface area contributed by atoms with Gasteiger partial charge in [-0.1, -0.05) is 0 Å². The number of rotatable bonds is 2. The zero-order valence-electron chi connectivity index (χ0n) is 7.94. The predicted octanol–water partition coefficient (Wildman–Crippen LogP) is 1.75. The SMILES string of the molecule is Cc1nc(Cl)nn1Cc1ccc(C#N)o1. The zero-order valence-corrected chi connectivity index (χ0v) is 8.69. The summed E-state index contributed by atoms with van der Waals surface area (Å²) >= 11 is 5.64. The lowest BCUT2D eigenvalue weighted by atomic mass is 10.4. The van der Waals surface area contributed by atoms with Crippen LogP contribution in [-0.2, 0) is 6.54 Å². The molecule has 0 aromatic carbocycles. The summed E-state index contributed by atoms with van der Waals surface area (Å²) in [4.78, 5) is 3.94. The van der Waals surface area contributed by atoms with E-state index in [2.05, 4.69) is 10.1 Å². The van der Waals surface area contributed by atoms with Gasteiger partial charge in [0.2, 0.25) is 11.0 Å². The van der Waals surface area contributed by atoms with Crippen molar-refractivity contribution in [1.29, 1.82) is 5.26 Å². The first-order chi connectivity index (χ1) is 7.19. The van der Waals surface area contributed by atoms with Gasteiger partial charge in [-0.15, -0.1) is 5.10 Å². The Labute approximate surface area is 90.9 Å². The number of furan rings is 1. The summed E-state index contributed by atoms with van der Waals surface area (Å²) in [6.45, 7) is 2.22. The lowest BCUT2D eigenvalue weighted by Crippen LogP contribution is -2.02. The standard InChI is InChI=1S/C9H7ClN4O/c1-6-12-9(10)13-14(6)5-8-3-2-7(4-11)15-8/h2-3H,5H2,1H3. The Morgan fingerprint density at radius 2 is 2.40 bits per heavy atom. The van der Waals surface area contributed by atoms with Gasteiger partial charge in [-0.2, -0.15) is 5.26 Å². The van der Waals surface area contributed by atoms with Crippen LogP contribution in [0, 0.1) is 18.3 Å². The van der Waals surface area contributed by atoms with Gasteiger partial charge in [-0.05, 0) is 30.7 Å². The Hall–Kier alpha value is -1.80. The van der Waals surface area contributed by atoms with Crippen molar-refractivity contribution in [2.24, 2.45) is 0 Å². The summed E-state index contributed by atoms with van der Waals surface area (Å²) in [5, 5.41) is 12.8. The highest BCUT2D eigenvalue weighted by Crippen LogP contribution is 2.10. The van der Waals surface area contributed by atoms with Crippen LogP contribution in [0.3, 0.4) is 0 Å². The molecule has 0 aliphatic rings. The van der Waals surface area contributed by atoms with E-state index >= 15 is 0 Å². The zero-order chi connectivity index (χ0) is 10.8. The molecule has 0 spiro atoms. The topological polar surface area (TPSA) is 67.6 Å². The van der Waals surface area contributed by atoms with Gasteiger partial charge in [-0.25, -0.2) is 9.67 Å². The third kappa shape index (κ3) is 2.00. The highest BCUT2D eigenvalue weighted by Gasteiger charge is 2.07. The molecule has 0 radical (unpaired) electrons. The minimum Gasteiger partial charge on any atom is -0.449 e. The monoisotopic (exact) mass is 222 g/mol. The molecule has 0 unspecified atom stereocenters. The summed E-state index contributed by atoms with van der Waals surface area (Å²) in [5.41, 5.74) is 0. The van der Waals surface area contributed by atoms with E-state index in [1.54, 1.807) is 23.7 Å². The maximum atomic E-state index is 8.58. The normalized spacial score (nSPS) is 10.2. The highest BCUT2D eigenvalue weighted by molar-refractivity contribution is 6.28. The quantitative estimate of drug-likeness (QED) is 0.776. The number of nitriles is 1. The van der Waals surface area contributed by atoms with Gasteiger partial charge in [0.25, 0.3) is 0 Å². The fourth-order valence-corrected chi connectivity index (χ4v) is 1.42. The second kappa shape index (κ2) is 3.75. The number of hydrogen-bond acceptors (Lipinski definition) is 4. The maximum absolute atomic E-state index is 8.58. The fourth-order valence-electron chi connectivity index (χ4n) is 1.21. The van der Waals surface area contributed by atoms with E-state index in [0.717, 1.165) is 0 Å². The molecule has 2 aromatic heterocycles. The van der Waals surface area contributed by atoms with Crippen LogP contribution in [0.1, 0.15) is 17.3 Å². The van der Waals surface area contributed by atoms with Crippen molar-refractivity contribution in [1.82, 2.24) is 14.8 Å². The van der Waals surface area contributed by atoms with Crippen LogP contribution in [0.25, 0.3) is 0 Å². The molecule has 0 aliphatic heterocycles. The molecular weight excluding hydrogens is 216 g/mol. The molecule has 15 heavy (non-hydrogen) atoms. The second-order valence-corrected chi connectivity index (χ2v) is 3.30. The Morgan fingerprint density at radius 3 is 2.93 bits per heavy atom. The first kappa shape index (κ1) is 9.74. The van der Waals surface area contributed by atoms with Crippen molar-refractivity contribution >= 4 is 11.6 Å². The molecule has 0 N–H and O–H groups in total. The minimum absolute atomic E-state index is 0.208. The highest BCUT2D eigenvalue weighted by atomic mass is 35.5. The van der Waals surface area contributed by atoms with Gasteiger partial charge in [0.15, 0.2) is 0 Å². The van der Waals surface area contributed by atoms with E-state index in [-0.39, 0.29) is 11.0 Å². The third-order valence-electron chi connectivity index (χ3n) is 1.91. The molecular formula is C9H7ClN4O. The first-order valence-corrected chi connectivity index (χ1v) is 4.62. The molecule has 0 saturated carbocycles. The van der Waals surface area contributed by atoms with Gasteiger partial charge >= 0.3 is 0 Å². The third-order valence-corrected chi connectivity index (χ3v) is 2.07. The molecule has 0 fully saturated rings. The van der Waals surface area contributed by atoms with E-state index in [1.165, 1.54) is 0 Å². The number of halogens is 1. The molecule has 5 nitrogen and oxygen atoms in total. The maximum Gasteiger partial charge on any atom is 0.242 e. The lowest BCUT2D eigenvalue weighted by Gasteiger charge is -1.98. The van der Waals surface area contributed by atoms with Crippen molar-refractivity contribution in [2.75, 3.05) is 0 Å². The molecule has 2 heterocycles. The number of aryl methyl sites for hydroxylation is 1. The Morgan fingerprint density at radius 1 is 1.60 bits per heavy atom. The van der Waals surface area contributed by atoms with E-state index in [4.69, 9.17) is 21.3 Å². The van der Waals surface area contributed by atoms with Crippen LogP contribution in [0.4, 0.5) is 0 Å². The molecule has 6 heteroatoms. The summed E-state index contributed by atoms with van der Waals surface area (Å²) < 4.78 is 6.82. The van der Waals surface area contributed by atoms with Gasteiger partial charge in [0.05, 0.1) is 0 Å². The predicted molar refractivity (Wildman–Crippen MR) is 52.3 cm³/mol. The minimum atomic E-state index is 0.208. The molecule has 0 bridgehead atoms. The lowest BCUT2D eigenvalue weighted by molar-refractivity contribution is 0.467. The van der Waals surface area contributed by atoms with Crippen LogP contribution in [0.15, 0.2) is 16.5 Å². The van der Waals surface area contributed by atoms with Crippen LogP contribution >= 0.6 is 11.6 Å². The summed E-state index contributed by atoms with van der Waals surface area (Å²) in [6, 6.07) is 5.26. The van der Waals surface area contributed by atoms with E-state index in [0.29, 0.717) is 18.1 Å². The number of aromatic nitrogens is 3. The van der Waals surface area contributed by atoms with Crippen LogP contribution in [0.5, 0.6) is 0 Å². The van der Waals surface area contributed by atoms with Crippen molar-refractivity contribution in [3.05, 3.63) is 34.8 Å². The Bertz CT molecular complexity index is 522. The van der Waals surface area contributed by atoms with Crippen molar-refractivity contribution in [2.45, 2.75) is 13.5 Å². The summed E-state index contributed by atoms with van der Waals surface area (Å²) in [5.74, 6) is 1.64. The van der Waals surface area contributed by atoms with Gasteiger partial charge in [-0.3, -0.25) is 0 Å². The summed E-state index contributed by atoms with van der Waals surface area (Å²) in [7, 11) is 0. The molecule has 76 valence electrons. The molecule has 0 atom stereocenters. The molecule has 0 amide bonds. The van der Waals surface area contributed by atoms with E-state index in [1.807, 2.05) is 6.07 Å². The van der Waals surface area contributed by atoms with Gasteiger partial charge < -0.3 is 4.42 Å². The fraction of sp³-hybridized carbons (Fsp3) is 0.222. The van der Waals surface area contributed by atoms with Crippen molar-refractivity contribution in [3.8, 4) is 6.07 Å². The Balaban J connectivity index is 2.22. The molecule has 0 saturated heterocycles. The van der Waals surface area contributed by atoms with Crippen molar-refractivity contribution in [3.63, 3.8) is 0 Å². The second-order valence-electron chi connectivity index (χ2n) is 2.96. The number of hydrogen-bond donors (Lipinski definition) is 0. The largest absolute Gasteiger partial charge is 0.449 e. The van der Waals surface area contributed by atoms with Crippen LogP contribution < -0.4 is 0 Å². The van der Waals surface area contributed by atoms with Crippen LogP contribution in [-0.4, -0.2) is 14.8 Å². The van der Waals surface area contributed by atoms with Gasteiger partial charge in [0, 0.05) is 0 Å². The average Bonchev–Trinajstić information content (AvgIpc) is 2.75. The van der Waals surface area contributed by atoms with Crippen molar-refractivity contribution < 1.29 is 4.42 Å². The first-order valence-electron chi connectivity index (χ1n) is 4.25. The Kier molecular flexibility index (Phi) is 2.44. The smallest absolute Gasteiger partial charge is 0.242 e.